The molecule has 1 aromatic rings. The number of benzene rings is 1. The summed E-state index contributed by atoms with van der Waals surface area (Å²) < 4.78 is 13.3. The highest BCUT2D eigenvalue weighted by atomic mass is 35.5. The fourth-order valence-corrected chi connectivity index (χ4v) is 3.02. The van der Waals surface area contributed by atoms with Gasteiger partial charge in [-0.2, -0.15) is 0 Å². The summed E-state index contributed by atoms with van der Waals surface area (Å²) in [6, 6.07) is 2.16. The Kier molecular flexibility index (Phi) is 5.39. The summed E-state index contributed by atoms with van der Waals surface area (Å²) in [5, 5.41) is 13.9. The SMILES string of the molecule is CC1CCC(CCNc2cc(Cl)c(F)cc2[N+](=O)[O-])CC1. The number of hydrogen-bond donors (Lipinski definition) is 1. The van der Waals surface area contributed by atoms with Gasteiger partial charge in [0.05, 0.1) is 16.0 Å². The van der Waals surface area contributed by atoms with Crippen LogP contribution in [0.1, 0.15) is 39.0 Å². The second kappa shape index (κ2) is 7.07. The van der Waals surface area contributed by atoms with Crippen LogP contribution in [0.2, 0.25) is 5.02 Å². The standard InChI is InChI=1S/C15H20ClFN2O2/c1-10-2-4-11(5-3-10)6-7-18-14-8-12(16)13(17)9-15(14)19(20)21/h8-11,18H,2-7H2,1H3. The van der Waals surface area contributed by atoms with Gasteiger partial charge in [-0.25, -0.2) is 4.39 Å². The molecule has 0 heterocycles. The van der Waals surface area contributed by atoms with Crippen molar-refractivity contribution >= 4 is 23.0 Å². The minimum absolute atomic E-state index is 0.102. The highest BCUT2D eigenvalue weighted by Crippen LogP contribution is 2.32. The van der Waals surface area contributed by atoms with E-state index in [9.17, 15) is 14.5 Å². The van der Waals surface area contributed by atoms with E-state index in [1.807, 2.05) is 0 Å². The van der Waals surface area contributed by atoms with Crippen LogP contribution in [-0.4, -0.2) is 11.5 Å². The maximum absolute atomic E-state index is 13.3. The lowest BCUT2D eigenvalue weighted by atomic mass is 9.81. The Labute approximate surface area is 128 Å². The van der Waals surface area contributed by atoms with E-state index in [2.05, 4.69) is 12.2 Å². The monoisotopic (exact) mass is 314 g/mol. The fourth-order valence-electron chi connectivity index (χ4n) is 2.86. The topological polar surface area (TPSA) is 55.2 Å². The van der Waals surface area contributed by atoms with Crippen molar-refractivity contribution < 1.29 is 9.31 Å². The number of nitro benzene ring substituents is 1. The molecule has 0 aromatic heterocycles. The third kappa shape index (κ3) is 4.30. The van der Waals surface area contributed by atoms with Gasteiger partial charge in [0.25, 0.3) is 5.69 Å². The van der Waals surface area contributed by atoms with Crippen LogP contribution in [0.15, 0.2) is 12.1 Å². The van der Waals surface area contributed by atoms with E-state index >= 15 is 0 Å². The van der Waals surface area contributed by atoms with Crippen LogP contribution in [0.5, 0.6) is 0 Å². The second-order valence-electron chi connectivity index (χ2n) is 5.88. The number of halogens is 2. The van der Waals surface area contributed by atoms with Crippen LogP contribution < -0.4 is 5.32 Å². The van der Waals surface area contributed by atoms with Gasteiger partial charge >= 0.3 is 0 Å². The minimum atomic E-state index is -0.768. The molecule has 1 aliphatic rings. The van der Waals surface area contributed by atoms with E-state index in [4.69, 9.17) is 11.6 Å². The first-order valence-corrected chi connectivity index (χ1v) is 7.72. The van der Waals surface area contributed by atoms with Gasteiger partial charge in [-0.15, -0.1) is 0 Å². The first kappa shape index (κ1) is 16.0. The van der Waals surface area contributed by atoms with Gasteiger partial charge in [0.1, 0.15) is 11.5 Å². The Balaban J connectivity index is 1.93. The molecule has 0 spiro atoms. The maximum atomic E-state index is 13.3. The van der Waals surface area contributed by atoms with Crippen LogP contribution in [0, 0.1) is 27.8 Å². The molecule has 0 unspecified atom stereocenters. The molecule has 0 saturated heterocycles. The molecule has 2 rings (SSSR count). The predicted octanol–water partition coefficient (Wildman–Crippen LogP) is 5.02. The van der Waals surface area contributed by atoms with Crippen molar-refractivity contribution in [3.05, 3.63) is 33.1 Å². The van der Waals surface area contributed by atoms with Crippen molar-refractivity contribution in [2.75, 3.05) is 11.9 Å². The summed E-state index contributed by atoms with van der Waals surface area (Å²) in [4.78, 5) is 10.3. The first-order valence-electron chi connectivity index (χ1n) is 7.34. The van der Waals surface area contributed by atoms with Crippen LogP contribution in [-0.2, 0) is 0 Å². The molecular weight excluding hydrogens is 295 g/mol. The summed E-state index contributed by atoms with van der Waals surface area (Å²) in [7, 11) is 0. The third-order valence-electron chi connectivity index (χ3n) is 4.24. The lowest BCUT2D eigenvalue weighted by Gasteiger charge is -2.26. The summed E-state index contributed by atoms with van der Waals surface area (Å²) in [5.41, 5.74) is 0.0183. The van der Waals surface area contributed by atoms with Crippen molar-refractivity contribution in [3.8, 4) is 0 Å². The van der Waals surface area contributed by atoms with Crippen molar-refractivity contribution in [1.82, 2.24) is 0 Å². The fraction of sp³-hybridized carbons (Fsp3) is 0.600. The van der Waals surface area contributed by atoms with Gasteiger partial charge in [0.15, 0.2) is 0 Å². The molecule has 6 heteroatoms. The molecule has 1 saturated carbocycles. The zero-order chi connectivity index (χ0) is 15.4. The van der Waals surface area contributed by atoms with E-state index in [0.29, 0.717) is 12.5 Å². The summed E-state index contributed by atoms with van der Waals surface area (Å²) >= 11 is 5.70. The lowest BCUT2D eigenvalue weighted by molar-refractivity contribution is -0.384. The first-order chi connectivity index (χ1) is 9.97. The highest BCUT2D eigenvalue weighted by molar-refractivity contribution is 6.31. The highest BCUT2D eigenvalue weighted by Gasteiger charge is 2.20. The van der Waals surface area contributed by atoms with Crippen LogP contribution in [0.25, 0.3) is 0 Å². The number of nitro groups is 1. The molecule has 4 nitrogen and oxygen atoms in total. The normalized spacial score (nSPS) is 22.0. The van der Waals surface area contributed by atoms with Gasteiger partial charge in [-0.1, -0.05) is 44.2 Å². The molecule has 0 bridgehead atoms. The van der Waals surface area contributed by atoms with Crippen LogP contribution in [0.4, 0.5) is 15.8 Å². The average Bonchev–Trinajstić information content (AvgIpc) is 2.44. The quantitative estimate of drug-likeness (QED) is 0.613. The third-order valence-corrected chi connectivity index (χ3v) is 4.53. The molecule has 21 heavy (non-hydrogen) atoms. The summed E-state index contributed by atoms with van der Waals surface area (Å²) in [6.45, 7) is 2.92. The largest absolute Gasteiger partial charge is 0.379 e. The van der Waals surface area contributed by atoms with Crippen molar-refractivity contribution in [2.24, 2.45) is 11.8 Å². The van der Waals surface area contributed by atoms with E-state index in [1.165, 1.54) is 31.7 Å². The average molecular weight is 315 g/mol. The molecule has 116 valence electrons. The number of rotatable bonds is 5. The van der Waals surface area contributed by atoms with Gasteiger partial charge in [-0.05, 0) is 24.3 Å². The Morgan fingerprint density at radius 1 is 1.38 bits per heavy atom. The molecule has 1 N–H and O–H groups in total. The molecule has 1 fully saturated rings. The van der Waals surface area contributed by atoms with Crippen molar-refractivity contribution in [1.29, 1.82) is 0 Å². The van der Waals surface area contributed by atoms with E-state index in [-0.39, 0.29) is 16.4 Å². The maximum Gasteiger partial charge on any atom is 0.295 e. The second-order valence-corrected chi connectivity index (χ2v) is 6.29. The lowest BCUT2D eigenvalue weighted by Crippen LogP contribution is -2.16. The molecular formula is C15H20ClFN2O2. The number of anilines is 1. The molecule has 0 radical (unpaired) electrons. The Bertz CT molecular complexity index is 517. The Morgan fingerprint density at radius 3 is 2.67 bits per heavy atom. The number of nitrogens with one attached hydrogen (secondary N) is 1. The molecule has 1 aromatic carbocycles. The van der Waals surface area contributed by atoms with Crippen molar-refractivity contribution in [3.63, 3.8) is 0 Å². The zero-order valence-corrected chi connectivity index (χ0v) is 12.8. The van der Waals surface area contributed by atoms with E-state index in [1.54, 1.807) is 0 Å². The van der Waals surface area contributed by atoms with Gasteiger partial charge < -0.3 is 5.32 Å². The zero-order valence-electron chi connectivity index (χ0n) is 12.1. The summed E-state index contributed by atoms with van der Waals surface area (Å²) in [5.74, 6) is 0.713. The number of nitrogens with zero attached hydrogens (tertiary/aromatic N) is 1. The molecule has 0 amide bonds. The summed E-state index contributed by atoms with van der Waals surface area (Å²) in [6.07, 6.45) is 5.92. The number of hydrogen-bond acceptors (Lipinski definition) is 3. The molecule has 1 aliphatic carbocycles. The van der Waals surface area contributed by atoms with E-state index < -0.39 is 10.7 Å². The van der Waals surface area contributed by atoms with Gasteiger partial charge in [0.2, 0.25) is 0 Å². The smallest absolute Gasteiger partial charge is 0.295 e. The van der Waals surface area contributed by atoms with Crippen LogP contribution >= 0.6 is 11.6 Å². The van der Waals surface area contributed by atoms with Gasteiger partial charge in [0, 0.05) is 6.54 Å². The van der Waals surface area contributed by atoms with E-state index in [0.717, 1.165) is 18.4 Å². The molecule has 0 atom stereocenters. The Morgan fingerprint density at radius 2 is 2.05 bits per heavy atom. The molecule has 0 aliphatic heterocycles. The van der Waals surface area contributed by atoms with Crippen LogP contribution in [0.3, 0.4) is 0 Å². The van der Waals surface area contributed by atoms with Crippen molar-refractivity contribution in [2.45, 2.75) is 39.0 Å². The minimum Gasteiger partial charge on any atom is -0.379 e. The van der Waals surface area contributed by atoms with Gasteiger partial charge in [-0.3, -0.25) is 10.1 Å². The predicted molar refractivity (Wildman–Crippen MR) is 82.3 cm³/mol. The Hall–Kier alpha value is -1.36.